The molecule has 1 aliphatic carbocycles. The second kappa shape index (κ2) is 9.57. The van der Waals surface area contributed by atoms with Gasteiger partial charge in [-0.2, -0.15) is 0 Å². The smallest absolute Gasteiger partial charge is 1.00 e. The molecule has 1 amide bonds. The molecule has 0 aromatic heterocycles. The maximum atomic E-state index is 13.2. The number of nitrogens with zero attached hydrogens (tertiary/aromatic N) is 1. The van der Waals surface area contributed by atoms with Crippen LogP contribution < -0.4 is 24.2 Å². The first-order valence-corrected chi connectivity index (χ1v) is 10.5. The first-order chi connectivity index (χ1) is 14.0. The SMILES string of the molecule is O=C(O)c1ccc(C2(NC(=O)C3CCCCN3Cc3ccc(Cl)cc3)CC2)cc1.[H-].[Li+]. The van der Waals surface area contributed by atoms with Crippen LogP contribution in [0.25, 0.3) is 0 Å². The molecule has 2 aromatic rings. The van der Waals surface area contributed by atoms with Gasteiger partial charge in [0.15, 0.2) is 0 Å². The quantitative estimate of drug-likeness (QED) is 0.691. The number of aromatic carboxylic acids is 1. The molecule has 1 atom stereocenters. The zero-order valence-corrected chi connectivity index (χ0v) is 18.0. The van der Waals surface area contributed by atoms with Crippen LogP contribution in [0.5, 0.6) is 0 Å². The summed E-state index contributed by atoms with van der Waals surface area (Å²) in [7, 11) is 0. The van der Waals surface area contributed by atoms with Crippen molar-refractivity contribution in [2.45, 2.75) is 50.2 Å². The van der Waals surface area contributed by atoms with Crippen LogP contribution in [0.15, 0.2) is 48.5 Å². The van der Waals surface area contributed by atoms with Gasteiger partial charge >= 0.3 is 24.8 Å². The molecule has 2 aromatic carbocycles. The fraction of sp³-hybridized carbons (Fsp3) is 0.391. The number of carbonyl (C=O) groups excluding carboxylic acids is 1. The van der Waals surface area contributed by atoms with Gasteiger partial charge in [0.25, 0.3) is 0 Å². The molecule has 1 aliphatic heterocycles. The van der Waals surface area contributed by atoms with E-state index in [1.165, 1.54) is 0 Å². The van der Waals surface area contributed by atoms with Crippen molar-refractivity contribution in [2.75, 3.05) is 6.54 Å². The number of likely N-dealkylation sites (tertiary alicyclic amines) is 1. The number of piperidine rings is 1. The maximum absolute atomic E-state index is 13.2. The number of hydrogen-bond donors (Lipinski definition) is 2. The average molecular weight is 421 g/mol. The monoisotopic (exact) mass is 420 g/mol. The Bertz CT molecular complexity index is 904. The molecule has 1 heterocycles. The largest absolute Gasteiger partial charge is 1.00 e. The molecule has 2 fully saturated rings. The summed E-state index contributed by atoms with van der Waals surface area (Å²) in [6.45, 7) is 1.64. The van der Waals surface area contributed by atoms with Crippen LogP contribution in [-0.4, -0.2) is 34.5 Å². The van der Waals surface area contributed by atoms with Crippen LogP contribution in [0.2, 0.25) is 5.02 Å². The van der Waals surface area contributed by atoms with Gasteiger partial charge in [-0.15, -0.1) is 0 Å². The van der Waals surface area contributed by atoms with Crippen LogP contribution in [0.4, 0.5) is 0 Å². The summed E-state index contributed by atoms with van der Waals surface area (Å²) in [5.74, 6) is -0.871. The number of carbonyl (C=O) groups is 2. The van der Waals surface area contributed by atoms with E-state index in [4.69, 9.17) is 16.7 Å². The predicted molar refractivity (Wildman–Crippen MR) is 113 cm³/mol. The second-order valence-corrected chi connectivity index (χ2v) is 8.50. The first kappa shape index (κ1) is 22.9. The standard InChI is InChI=1S/C23H25ClN2O3.Li.H/c24-19-10-4-16(5-11-19)15-26-14-2-1-3-20(26)21(27)25-23(12-13-23)18-8-6-17(7-9-18)22(28)29;;/h4-11,20H,1-3,12-15H2,(H,25,27)(H,28,29);;/q;+1;-1. The molecule has 1 saturated heterocycles. The van der Waals surface area contributed by atoms with Gasteiger partial charge in [0.05, 0.1) is 17.1 Å². The van der Waals surface area contributed by atoms with Crippen molar-refractivity contribution >= 4 is 23.5 Å². The summed E-state index contributed by atoms with van der Waals surface area (Å²) in [5, 5.41) is 13.1. The molecule has 7 heteroatoms. The Morgan fingerprint density at radius 3 is 2.37 bits per heavy atom. The number of rotatable bonds is 6. The number of hydrogen-bond acceptors (Lipinski definition) is 3. The van der Waals surface area contributed by atoms with Crippen LogP contribution >= 0.6 is 11.6 Å². The zero-order valence-electron chi connectivity index (χ0n) is 18.2. The molecule has 1 unspecified atom stereocenters. The molecular weight excluding hydrogens is 395 g/mol. The van der Waals surface area contributed by atoms with E-state index in [2.05, 4.69) is 10.2 Å². The Labute approximate surface area is 195 Å². The molecule has 2 aliphatic rings. The molecule has 1 saturated carbocycles. The van der Waals surface area contributed by atoms with Crippen molar-refractivity contribution in [3.8, 4) is 0 Å². The van der Waals surface area contributed by atoms with Crippen molar-refractivity contribution in [3.63, 3.8) is 0 Å². The Balaban J connectivity index is 0.00000171. The summed E-state index contributed by atoms with van der Waals surface area (Å²) in [4.78, 5) is 26.5. The second-order valence-electron chi connectivity index (χ2n) is 8.06. The van der Waals surface area contributed by atoms with Gasteiger partial charge in [-0.05, 0) is 67.6 Å². The summed E-state index contributed by atoms with van der Waals surface area (Å²) >= 11 is 5.99. The van der Waals surface area contributed by atoms with Gasteiger partial charge in [0.2, 0.25) is 5.91 Å². The van der Waals surface area contributed by atoms with E-state index in [0.717, 1.165) is 56.3 Å². The Hall–Kier alpha value is -1.77. The maximum Gasteiger partial charge on any atom is 1.00 e. The van der Waals surface area contributed by atoms with E-state index in [0.29, 0.717) is 5.02 Å². The molecule has 0 spiro atoms. The van der Waals surface area contributed by atoms with Crippen molar-refractivity contribution in [2.24, 2.45) is 0 Å². The van der Waals surface area contributed by atoms with Gasteiger partial charge < -0.3 is 11.8 Å². The van der Waals surface area contributed by atoms with E-state index in [1.54, 1.807) is 12.1 Å². The number of carboxylic acids is 1. The Kier molecular flexibility index (Phi) is 7.31. The molecule has 154 valence electrons. The van der Waals surface area contributed by atoms with E-state index in [1.807, 2.05) is 36.4 Å². The van der Waals surface area contributed by atoms with E-state index >= 15 is 0 Å². The molecule has 0 bridgehead atoms. The normalized spacial score (nSPS) is 20.1. The summed E-state index contributed by atoms with van der Waals surface area (Å²) in [6, 6.07) is 14.5. The predicted octanol–water partition coefficient (Wildman–Crippen LogP) is 1.31. The third-order valence-corrected chi connectivity index (χ3v) is 6.26. The van der Waals surface area contributed by atoms with E-state index in [9.17, 15) is 9.59 Å². The molecule has 5 nitrogen and oxygen atoms in total. The Morgan fingerprint density at radius 1 is 1.10 bits per heavy atom. The van der Waals surface area contributed by atoms with E-state index in [-0.39, 0.29) is 43.3 Å². The minimum absolute atomic E-state index is 0. The van der Waals surface area contributed by atoms with Crippen LogP contribution in [-0.2, 0) is 16.9 Å². The summed E-state index contributed by atoms with van der Waals surface area (Å²) in [6.07, 6.45) is 4.77. The third-order valence-electron chi connectivity index (χ3n) is 6.01. The number of halogens is 1. The van der Waals surface area contributed by atoms with Crippen LogP contribution in [0, 0.1) is 0 Å². The molecule has 2 N–H and O–H groups in total. The van der Waals surface area contributed by atoms with Gasteiger partial charge in [0.1, 0.15) is 0 Å². The first-order valence-electron chi connectivity index (χ1n) is 10.1. The van der Waals surface area contributed by atoms with Crippen molar-refractivity contribution in [3.05, 3.63) is 70.2 Å². The van der Waals surface area contributed by atoms with Gasteiger partial charge in [-0.25, -0.2) is 4.79 Å². The minimum Gasteiger partial charge on any atom is -1.00 e. The molecule has 0 radical (unpaired) electrons. The van der Waals surface area contributed by atoms with E-state index < -0.39 is 5.97 Å². The number of carboxylic acid groups (broad SMARTS) is 1. The van der Waals surface area contributed by atoms with Gasteiger partial charge in [-0.1, -0.05) is 42.3 Å². The molecule has 30 heavy (non-hydrogen) atoms. The molecular formula is C23H26ClLiN2O3. The minimum atomic E-state index is -0.939. The molecule has 4 rings (SSSR count). The third kappa shape index (κ3) is 5.10. The van der Waals surface area contributed by atoms with Crippen molar-refractivity contribution < 1.29 is 35.0 Å². The fourth-order valence-corrected chi connectivity index (χ4v) is 4.29. The average Bonchev–Trinajstić information content (AvgIpc) is 3.51. The topological polar surface area (TPSA) is 69.6 Å². The van der Waals surface area contributed by atoms with Crippen molar-refractivity contribution in [1.82, 2.24) is 10.2 Å². The van der Waals surface area contributed by atoms with Crippen LogP contribution in [0.3, 0.4) is 0 Å². The van der Waals surface area contributed by atoms with Crippen LogP contribution in [0.1, 0.15) is 55.0 Å². The van der Waals surface area contributed by atoms with Gasteiger partial charge in [0, 0.05) is 11.6 Å². The fourth-order valence-electron chi connectivity index (χ4n) is 4.16. The number of amides is 1. The Morgan fingerprint density at radius 2 is 1.77 bits per heavy atom. The van der Waals surface area contributed by atoms with Crippen molar-refractivity contribution in [1.29, 1.82) is 0 Å². The summed E-state index contributed by atoms with van der Waals surface area (Å²) in [5.41, 5.74) is 2.05. The number of benzene rings is 2. The summed E-state index contributed by atoms with van der Waals surface area (Å²) < 4.78 is 0. The zero-order chi connectivity index (χ0) is 20.4. The number of nitrogens with one attached hydrogen (secondary N) is 1. The van der Waals surface area contributed by atoms with Gasteiger partial charge in [-0.3, -0.25) is 9.69 Å².